The monoisotopic (exact) mass is 195 g/mol. The second-order valence-corrected chi connectivity index (χ2v) is 3.36. The minimum absolute atomic E-state index is 0.0245. The SMILES string of the molecule is CCC(CC)(CCl)NCCCF. The van der Waals surface area contributed by atoms with Gasteiger partial charge in [0.1, 0.15) is 0 Å². The Kier molecular flexibility index (Phi) is 6.77. The summed E-state index contributed by atoms with van der Waals surface area (Å²) in [5.74, 6) is 0.603. The molecule has 0 atom stereocenters. The number of halogens is 2. The molecule has 1 nitrogen and oxygen atoms in total. The van der Waals surface area contributed by atoms with E-state index in [1.807, 2.05) is 0 Å². The van der Waals surface area contributed by atoms with Crippen LogP contribution in [-0.4, -0.2) is 24.6 Å². The Bertz CT molecular complexity index is 96.4. The molecule has 3 heteroatoms. The van der Waals surface area contributed by atoms with Gasteiger partial charge in [0.2, 0.25) is 0 Å². The fourth-order valence-corrected chi connectivity index (χ4v) is 1.63. The van der Waals surface area contributed by atoms with Crippen LogP contribution in [0.4, 0.5) is 4.39 Å². The zero-order chi connectivity index (χ0) is 9.45. The average molecular weight is 196 g/mol. The van der Waals surface area contributed by atoms with E-state index in [0.29, 0.717) is 12.3 Å². The van der Waals surface area contributed by atoms with Crippen molar-refractivity contribution >= 4 is 11.6 Å². The van der Waals surface area contributed by atoms with E-state index in [4.69, 9.17) is 11.6 Å². The predicted molar refractivity (Wildman–Crippen MR) is 52.6 cm³/mol. The summed E-state index contributed by atoms with van der Waals surface area (Å²) >= 11 is 5.85. The van der Waals surface area contributed by atoms with Gasteiger partial charge in [-0.25, -0.2) is 0 Å². The van der Waals surface area contributed by atoms with Crippen LogP contribution in [0.15, 0.2) is 0 Å². The first kappa shape index (κ1) is 12.2. The van der Waals surface area contributed by atoms with Gasteiger partial charge in [-0.1, -0.05) is 13.8 Å². The molecular formula is C9H19ClFN. The molecule has 0 aromatic heterocycles. The molecule has 12 heavy (non-hydrogen) atoms. The highest BCUT2D eigenvalue weighted by molar-refractivity contribution is 6.18. The third-order valence-corrected chi connectivity index (χ3v) is 2.93. The van der Waals surface area contributed by atoms with Gasteiger partial charge in [0, 0.05) is 11.4 Å². The lowest BCUT2D eigenvalue weighted by Gasteiger charge is -2.30. The van der Waals surface area contributed by atoms with Gasteiger partial charge >= 0.3 is 0 Å². The molecule has 0 saturated carbocycles. The van der Waals surface area contributed by atoms with E-state index >= 15 is 0 Å². The second kappa shape index (κ2) is 6.67. The minimum Gasteiger partial charge on any atom is -0.310 e. The number of nitrogens with one attached hydrogen (secondary N) is 1. The summed E-state index contributed by atoms with van der Waals surface area (Å²) in [6, 6.07) is 0. The van der Waals surface area contributed by atoms with Gasteiger partial charge in [-0.15, -0.1) is 11.6 Å². The van der Waals surface area contributed by atoms with Crippen LogP contribution in [0.25, 0.3) is 0 Å². The smallest absolute Gasteiger partial charge is 0.0906 e. The zero-order valence-electron chi connectivity index (χ0n) is 8.00. The van der Waals surface area contributed by atoms with Crippen molar-refractivity contribution in [3.8, 4) is 0 Å². The Morgan fingerprint density at radius 3 is 2.25 bits per heavy atom. The van der Waals surface area contributed by atoms with Crippen molar-refractivity contribution in [2.45, 2.75) is 38.6 Å². The van der Waals surface area contributed by atoms with Gasteiger partial charge in [-0.2, -0.15) is 0 Å². The molecule has 0 heterocycles. The van der Waals surface area contributed by atoms with Crippen molar-refractivity contribution < 1.29 is 4.39 Å². The number of rotatable bonds is 7. The summed E-state index contributed by atoms with van der Waals surface area (Å²) in [4.78, 5) is 0. The van der Waals surface area contributed by atoms with E-state index in [0.717, 1.165) is 19.4 Å². The molecule has 1 N–H and O–H groups in total. The van der Waals surface area contributed by atoms with Crippen LogP contribution in [0.2, 0.25) is 0 Å². The number of hydrogen-bond donors (Lipinski definition) is 1. The second-order valence-electron chi connectivity index (χ2n) is 3.09. The van der Waals surface area contributed by atoms with Gasteiger partial charge in [-0.3, -0.25) is 4.39 Å². The van der Waals surface area contributed by atoms with E-state index in [-0.39, 0.29) is 12.2 Å². The van der Waals surface area contributed by atoms with Crippen molar-refractivity contribution in [1.29, 1.82) is 0 Å². The number of hydrogen-bond acceptors (Lipinski definition) is 1. The molecule has 0 aromatic rings. The quantitative estimate of drug-likeness (QED) is 0.487. The van der Waals surface area contributed by atoms with Crippen LogP contribution < -0.4 is 5.32 Å². The molecule has 0 unspecified atom stereocenters. The highest BCUT2D eigenvalue weighted by Crippen LogP contribution is 2.16. The highest BCUT2D eigenvalue weighted by Gasteiger charge is 2.23. The minimum atomic E-state index is -0.251. The van der Waals surface area contributed by atoms with Gasteiger partial charge < -0.3 is 5.32 Å². The molecule has 0 bridgehead atoms. The molecule has 0 aromatic carbocycles. The molecule has 0 amide bonds. The van der Waals surface area contributed by atoms with Crippen LogP contribution >= 0.6 is 11.6 Å². The molecule has 0 aliphatic carbocycles. The van der Waals surface area contributed by atoms with Crippen molar-refractivity contribution in [3.63, 3.8) is 0 Å². The summed E-state index contributed by atoms with van der Waals surface area (Å²) in [6.07, 6.45) is 2.58. The lowest BCUT2D eigenvalue weighted by Crippen LogP contribution is -2.46. The average Bonchev–Trinajstić information content (AvgIpc) is 2.14. The van der Waals surface area contributed by atoms with Crippen molar-refractivity contribution in [3.05, 3.63) is 0 Å². The van der Waals surface area contributed by atoms with Crippen LogP contribution in [-0.2, 0) is 0 Å². The van der Waals surface area contributed by atoms with Gasteiger partial charge in [0.25, 0.3) is 0 Å². The summed E-state index contributed by atoms with van der Waals surface area (Å²) in [7, 11) is 0. The summed E-state index contributed by atoms with van der Waals surface area (Å²) in [5.41, 5.74) is 0.0245. The van der Waals surface area contributed by atoms with E-state index < -0.39 is 0 Å². The third-order valence-electron chi connectivity index (χ3n) is 2.42. The topological polar surface area (TPSA) is 12.0 Å². The van der Waals surface area contributed by atoms with Gasteiger partial charge in [-0.05, 0) is 25.8 Å². The number of alkyl halides is 2. The molecule has 0 aliphatic rings. The zero-order valence-corrected chi connectivity index (χ0v) is 8.75. The van der Waals surface area contributed by atoms with E-state index in [9.17, 15) is 4.39 Å². The van der Waals surface area contributed by atoms with E-state index in [1.165, 1.54) is 0 Å². The Morgan fingerprint density at radius 2 is 1.92 bits per heavy atom. The maximum atomic E-state index is 11.8. The van der Waals surface area contributed by atoms with Crippen LogP contribution in [0.1, 0.15) is 33.1 Å². The van der Waals surface area contributed by atoms with E-state index in [1.54, 1.807) is 0 Å². The lowest BCUT2D eigenvalue weighted by molar-refractivity contribution is 0.325. The third kappa shape index (κ3) is 3.72. The van der Waals surface area contributed by atoms with Gasteiger partial charge in [0.15, 0.2) is 0 Å². The fourth-order valence-electron chi connectivity index (χ4n) is 1.16. The maximum absolute atomic E-state index is 11.8. The predicted octanol–water partition coefficient (Wildman–Crippen LogP) is 2.73. The van der Waals surface area contributed by atoms with E-state index in [2.05, 4.69) is 19.2 Å². The summed E-state index contributed by atoms with van der Waals surface area (Å²) < 4.78 is 11.8. The molecule has 74 valence electrons. The lowest BCUT2D eigenvalue weighted by atomic mass is 9.95. The Balaban J connectivity index is 3.76. The normalized spacial score (nSPS) is 12.0. The molecule has 0 fully saturated rings. The molecule has 0 saturated heterocycles. The standard InChI is InChI=1S/C9H19ClFN/c1-3-9(4-2,8-10)12-7-5-6-11/h12H,3-8H2,1-2H3. The van der Waals surface area contributed by atoms with Crippen LogP contribution in [0, 0.1) is 0 Å². The maximum Gasteiger partial charge on any atom is 0.0906 e. The molecule has 0 rings (SSSR count). The summed E-state index contributed by atoms with van der Waals surface area (Å²) in [5, 5.41) is 3.31. The Hall–Kier alpha value is 0.180. The molecular weight excluding hydrogens is 177 g/mol. The Morgan fingerprint density at radius 1 is 1.33 bits per heavy atom. The molecule has 0 aliphatic heterocycles. The van der Waals surface area contributed by atoms with Gasteiger partial charge in [0.05, 0.1) is 6.67 Å². The van der Waals surface area contributed by atoms with Crippen LogP contribution in [0.3, 0.4) is 0 Å². The first-order chi connectivity index (χ1) is 5.74. The largest absolute Gasteiger partial charge is 0.310 e. The highest BCUT2D eigenvalue weighted by atomic mass is 35.5. The Labute approximate surface area is 79.7 Å². The first-order valence-corrected chi connectivity index (χ1v) is 5.15. The molecule has 0 spiro atoms. The van der Waals surface area contributed by atoms with Crippen molar-refractivity contribution in [1.82, 2.24) is 5.32 Å². The van der Waals surface area contributed by atoms with Crippen molar-refractivity contribution in [2.24, 2.45) is 0 Å². The fraction of sp³-hybridized carbons (Fsp3) is 1.00. The molecule has 0 radical (unpaired) electrons. The van der Waals surface area contributed by atoms with Crippen molar-refractivity contribution in [2.75, 3.05) is 19.1 Å². The first-order valence-electron chi connectivity index (χ1n) is 4.61. The van der Waals surface area contributed by atoms with Crippen LogP contribution in [0.5, 0.6) is 0 Å². The summed E-state index contributed by atoms with van der Waals surface area (Å²) in [6.45, 7) is 4.69.